The fourth-order valence-corrected chi connectivity index (χ4v) is 7.81. The van der Waals surface area contributed by atoms with Crippen LogP contribution in [0.25, 0.3) is 0 Å². The first kappa shape index (κ1) is 32.6. The molecule has 0 aromatic heterocycles. The Balaban J connectivity index is 1.23. The van der Waals surface area contributed by atoms with E-state index >= 15 is 0 Å². The summed E-state index contributed by atoms with van der Waals surface area (Å²) in [6.45, 7) is 8.67. The lowest BCUT2D eigenvalue weighted by molar-refractivity contribution is -0.125. The third-order valence-corrected chi connectivity index (χ3v) is 10.0. The van der Waals surface area contributed by atoms with E-state index in [1.54, 1.807) is 32.7 Å². The fourth-order valence-electron chi connectivity index (χ4n) is 6.51. The van der Waals surface area contributed by atoms with E-state index in [1.807, 2.05) is 0 Å². The Morgan fingerprint density at radius 2 is 1.69 bits per heavy atom. The van der Waals surface area contributed by atoms with Gasteiger partial charge < -0.3 is 15.2 Å². The number of β-amino-alcohol motifs (C(OH)–C–C–N with tert-alkyl or cyclic N) is 1. The molecule has 2 saturated heterocycles. The third kappa shape index (κ3) is 9.88. The molecule has 3 N–H and O–H groups in total. The molecule has 42 heavy (non-hydrogen) atoms. The van der Waals surface area contributed by atoms with Crippen molar-refractivity contribution in [3.05, 3.63) is 35.9 Å². The highest BCUT2D eigenvalue weighted by atomic mass is 32.2. The number of rotatable bonds is 10. The molecule has 10 heteroatoms. The number of amides is 3. The molecule has 3 atom stereocenters. The molecular weight excluding hydrogens is 552 g/mol. The number of aliphatic hydroxyl groups is 1. The molecule has 1 unspecified atom stereocenters. The Kier molecular flexibility index (Phi) is 12.0. The average Bonchev–Trinajstić information content (AvgIpc) is 3.36. The summed E-state index contributed by atoms with van der Waals surface area (Å²) in [7, 11) is 0. The van der Waals surface area contributed by atoms with Crippen LogP contribution >= 0.6 is 11.9 Å². The Morgan fingerprint density at radius 3 is 2.36 bits per heavy atom. The van der Waals surface area contributed by atoms with Gasteiger partial charge in [0.25, 0.3) is 0 Å². The van der Waals surface area contributed by atoms with E-state index in [2.05, 4.69) is 45.3 Å². The highest BCUT2D eigenvalue weighted by Gasteiger charge is 2.41. The molecule has 3 fully saturated rings. The van der Waals surface area contributed by atoms with Crippen molar-refractivity contribution in [2.45, 2.75) is 108 Å². The number of aliphatic hydroxyl groups excluding tert-OH is 1. The minimum absolute atomic E-state index is 0.0534. The number of carbonyl (C=O) groups excluding carboxylic acids is 3. The molecule has 1 saturated carbocycles. The maximum absolute atomic E-state index is 12.9. The first-order valence-corrected chi connectivity index (χ1v) is 16.6. The SMILES string of the molecule is CC(C)(C)OC(=O)N1C[C@H](O)C[C@H]1C(=O)NCCC(=O)NSC(C1CCCCC1)C1CCN(Cc2ccccc2)CC1. The molecule has 1 aromatic rings. The molecule has 2 heterocycles. The molecule has 9 nitrogen and oxygen atoms in total. The molecule has 234 valence electrons. The van der Waals surface area contributed by atoms with E-state index in [-0.39, 0.29) is 37.7 Å². The summed E-state index contributed by atoms with van der Waals surface area (Å²) >= 11 is 1.61. The molecular formula is C32H50N4O5S. The number of hydrogen-bond donors (Lipinski definition) is 3. The van der Waals surface area contributed by atoms with E-state index in [0.29, 0.717) is 17.1 Å². The monoisotopic (exact) mass is 602 g/mol. The lowest BCUT2D eigenvalue weighted by atomic mass is 9.79. The van der Waals surface area contributed by atoms with Gasteiger partial charge in [-0.25, -0.2) is 4.79 Å². The van der Waals surface area contributed by atoms with Gasteiger partial charge in [-0.05, 0) is 88.9 Å². The number of nitrogens with one attached hydrogen (secondary N) is 2. The van der Waals surface area contributed by atoms with Crippen LogP contribution in [-0.4, -0.2) is 82.0 Å². The number of nitrogens with zero attached hydrogens (tertiary/aromatic N) is 2. The summed E-state index contributed by atoms with van der Waals surface area (Å²) in [6.07, 6.45) is 7.51. The topological polar surface area (TPSA) is 111 Å². The number of ether oxygens (including phenoxy) is 1. The van der Waals surface area contributed by atoms with Gasteiger partial charge in [0.15, 0.2) is 0 Å². The van der Waals surface area contributed by atoms with Crippen molar-refractivity contribution in [2.75, 3.05) is 26.2 Å². The van der Waals surface area contributed by atoms with Gasteiger partial charge in [0.05, 0.1) is 12.6 Å². The second-order valence-electron chi connectivity index (χ2n) is 13.2. The first-order valence-electron chi connectivity index (χ1n) is 15.7. The van der Waals surface area contributed by atoms with E-state index in [1.165, 1.54) is 42.6 Å². The van der Waals surface area contributed by atoms with Crippen molar-refractivity contribution in [1.29, 1.82) is 0 Å². The van der Waals surface area contributed by atoms with Crippen LogP contribution in [0, 0.1) is 11.8 Å². The van der Waals surface area contributed by atoms with Crippen molar-refractivity contribution in [2.24, 2.45) is 11.8 Å². The van der Waals surface area contributed by atoms with Gasteiger partial charge in [-0.15, -0.1) is 0 Å². The van der Waals surface area contributed by atoms with Crippen LogP contribution in [-0.2, 0) is 20.9 Å². The summed E-state index contributed by atoms with van der Waals surface area (Å²) in [5.74, 6) is 0.734. The smallest absolute Gasteiger partial charge is 0.411 e. The van der Waals surface area contributed by atoms with Gasteiger partial charge in [-0.1, -0.05) is 49.6 Å². The van der Waals surface area contributed by atoms with Crippen molar-refractivity contribution >= 4 is 29.9 Å². The Bertz CT molecular complexity index is 1020. The Labute approximate surface area is 255 Å². The molecule has 3 aliphatic rings. The van der Waals surface area contributed by atoms with Crippen molar-refractivity contribution in [3.63, 3.8) is 0 Å². The summed E-state index contributed by atoms with van der Waals surface area (Å²) in [5, 5.41) is 13.3. The lowest BCUT2D eigenvalue weighted by Gasteiger charge is -2.40. The van der Waals surface area contributed by atoms with Gasteiger partial charge in [-0.3, -0.25) is 24.1 Å². The van der Waals surface area contributed by atoms with Crippen molar-refractivity contribution in [3.8, 4) is 0 Å². The molecule has 0 bridgehead atoms. The number of hydrogen-bond acceptors (Lipinski definition) is 7. The number of piperidine rings is 1. The lowest BCUT2D eigenvalue weighted by Crippen LogP contribution is -2.48. The zero-order chi connectivity index (χ0) is 30.1. The fraction of sp³-hybridized carbons (Fsp3) is 0.719. The van der Waals surface area contributed by atoms with Crippen LogP contribution < -0.4 is 10.0 Å². The normalized spacial score (nSPS) is 23.4. The molecule has 3 amide bonds. The van der Waals surface area contributed by atoms with Gasteiger partial charge in [0, 0.05) is 31.2 Å². The van der Waals surface area contributed by atoms with Crippen LogP contribution in [0.1, 0.15) is 84.1 Å². The Morgan fingerprint density at radius 1 is 1.02 bits per heavy atom. The average molecular weight is 603 g/mol. The van der Waals surface area contributed by atoms with E-state index in [4.69, 9.17) is 4.74 Å². The summed E-state index contributed by atoms with van der Waals surface area (Å²) in [4.78, 5) is 42.1. The van der Waals surface area contributed by atoms with Crippen LogP contribution in [0.5, 0.6) is 0 Å². The molecule has 0 radical (unpaired) electrons. The molecule has 1 aliphatic carbocycles. The van der Waals surface area contributed by atoms with Crippen LogP contribution in [0.3, 0.4) is 0 Å². The zero-order valence-electron chi connectivity index (χ0n) is 25.6. The van der Waals surface area contributed by atoms with Gasteiger partial charge in [0.2, 0.25) is 11.8 Å². The first-order chi connectivity index (χ1) is 20.1. The molecule has 1 aromatic carbocycles. The second kappa shape index (κ2) is 15.4. The second-order valence-corrected chi connectivity index (χ2v) is 14.2. The van der Waals surface area contributed by atoms with E-state index in [9.17, 15) is 19.5 Å². The maximum atomic E-state index is 12.9. The summed E-state index contributed by atoms with van der Waals surface area (Å²) in [6, 6.07) is 9.84. The summed E-state index contributed by atoms with van der Waals surface area (Å²) in [5.41, 5.74) is 0.658. The van der Waals surface area contributed by atoms with Crippen LogP contribution in [0.4, 0.5) is 4.79 Å². The minimum atomic E-state index is -0.810. The molecule has 4 rings (SSSR count). The largest absolute Gasteiger partial charge is 0.444 e. The van der Waals surface area contributed by atoms with Crippen LogP contribution in [0.15, 0.2) is 30.3 Å². The minimum Gasteiger partial charge on any atom is -0.444 e. The van der Waals surface area contributed by atoms with Crippen molar-refractivity contribution < 1.29 is 24.2 Å². The highest BCUT2D eigenvalue weighted by Crippen LogP contribution is 2.39. The standard InChI is InChI=1S/C32H50N4O5S/c1-32(2,3)41-31(40)36-22-26(37)20-27(36)30(39)33-17-14-28(38)34-42-29(24-12-8-5-9-13-24)25-15-18-35(19-16-25)21-23-10-6-4-7-11-23/h4,6-7,10-11,24-27,29,37H,5,8-9,12-22H2,1-3H3,(H,33,39)(H,34,38)/t26-,27+,29?/m1/s1. The van der Waals surface area contributed by atoms with Gasteiger partial charge in [0.1, 0.15) is 11.6 Å². The van der Waals surface area contributed by atoms with E-state index < -0.39 is 23.8 Å². The van der Waals surface area contributed by atoms with Gasteiger partial charge >= 0.3 is 6.09 Å². The summed E-state index contributed by atoms with van der Waals surface area (Å²) < 4.78 is 8.53. The van der Waals surface area contributed by atoms with Crippen LogP contribution in [0.2, 0.25) is 0 Å². The predicted octanol–water partition coefficient (Wildman–Crippen LogP) is 4.49. The predicted molar refractivity (Wildman–Crippen MR) is 166 cm³/mol. The Hall–Kier alpha value is -2.30. The number of benzene rings is 1. The maximum Gasteiger partial charge on any atom is 0.411 e. The molecule has 0 spiro atoms. The van der Waals surface area contributed by atoms with E-state index in [0.717, 1.165) is 32.5 Å². The number of carbonyl (C=O) groups is 3. The number of likely N-dealkylation sites (tertiary alicyclic amines) is 2. The third-order valence-electron chi connectivity index (χ3n) is 8.63. The van der Waals surface area contributed by atoms with Gasteiger partial charge in [-0.2, -0.15) is 0 Å². The zero-order valence-corrected chi connectivity index (χ0v) is 26.4. The quantitative estimate of drug-likeness (QED) is 0.339. The molecule has 2 aliphatic heterocycles. The van der Waals surface area contributed by atoms with Crippen molar-refractivity contribution in [1.82, 2.24) is 19.8 Å². The highest BCUT2D eigenvalue weighted by molar-refractivity contribution is 7.98.